The van der Waals surface area contributed by atoms with Gasteiger partial charge in [-0.25, -0.2) is 22.2 Å². The molecule has 1 amide bonds. The van der Waals surface area contributed by atoms with Crippen LogP contribution in [0.15, 0.2) is 54.6 Å². The Morgan fingerprint density at radius 2 is 1.84 bits per heavy atom. The lowest BCUT2D eigenvalue weighted by Gasteiger charge is -2.10. The van der Waals surface area contributed by atoms with Gasteiger partial charge in [0.25, 0.3) is 5.91 Å². The first-order valence-electron chi connectivity index (χ1n) is 9.30. The molecule has 4 rings (SSSR count). The number of benzene rings is 3. The van der Waals surface area contributed by atoms with E-state index < -0.39 is 27.3 Å². The van der Waals surface area contributed by atoms with Crippen LogP contribution in [0, 0.1) is 12.7 Å². The third kappa shape index (κ3) is 4.34. The first kappa shape index (κ1) is 22.3. The molecule has 1 heterocycles. The van der Waals surface area contributed by atoms with Gasteiger partial charge < -0.3 is 0 Å². The van der Waals surface area contributed by atoms with Gasteiger partial charge in [0, 0.05) is 22.0 Å². The summed E-state index contributed by atoms with van der Waals surface area (Å²) >= 11 is 12.6. The number of carbonyl (C=O) groups is 1. The van der Waals surface area contributed by atoms with Gasteiger partial charge in [-0.05, 0) is 37.3 Å². The fourth-order valence-electron chi connectivity index (χ4n) is 3.38. The topological polar surface area (TPSA) is 81.1 Å². The summed E-state index contributed by atoms with van der Waals surface area (Å²) in [4.78, 5) is 12.1. The number of nitrogens with one attached hydrogen (secondary N) is 1. The van der Waals surface area contributed by atoms with Crippen LogP contribution in [-0.4, -0.2) is 30.4 Å². The molecule has 0 fully saturated rings. The van der Waals surface area contributed by atoms with Gasteiger partial charge >= 0.3 is 0 Å². The van der Waals surface area contributed by atoms with Gasteiger partial charge in [0.1, 0.15) is 11.5 Å². The molecule has 0 spiro atoms. The number of sulfonamides is 1. The molecular formula is C22H16Cl2FN3O3S. The van der Waals surface area contributed by atoms with Crippen molar-refractivity contribution in [1.82, 2.24) is 14.5 Å². The van der Waals surface area contributed by atoms with Crippen LogP contribution < -0.4 is 4.72 Å². The molecule has 3 aromatic carbocycles. The molecule has 164 valence electrons. The quantitative estimate of drug-likeness (QED) is 0.428. The molecule has 1 N–H and O–H groups in total. The normalized spacial score (nSPS) is 11.7. The van der Waals surface area contributed by atoms with Gasteiger partial charge in [-0.1, -0.05) is 47.0 Å². The Kier molecular flexibility index (Phi) is 5.70. The molecule has 10 heteroatoms. The van der Waals surface area contributed by atoms with Crippen molar-refractivity contribution < 1.29 is 17.6 Å². The van der Waals surface area contributed by atoms with Gasteiger partial charge in [0.2, 0.25) is 10.0 Å². The Labute approximate surface area is 193 Å². The standard InChI is InChI=1S/C22H16Cl2FN3O3S/c1-12-4-3-5-13(8-12)21-16-9-14(23)6-7-19(16)28(26-21)20-11-18(25)15(10-17(20)24)22(29)27-32(2,30)31/h3-11H,1-2H3,(H,27,29). The van der Waals surface area contributed by atoms with E-state index in [-0.39, 0.29) is 10.7 Å². The van der Waals surface area contributed by atoms with Crippen LogP contribution in [0.1, 0.15) is 15.9 Å². The lowest BCUT2D eigenvalue weighted by Crippen LogP contribution is -2.30. The highest BCUT2D eigenvalue weighted by atomic mass is 35.5. The molecule has 32 heavy (non-hydrogen) atoms. The zero-order valence-electron chi connectivity index (χ0n) is 16.9. The van der Waals surface area contributed by atoms with Gasteiger partial charge in [-0.15, -0.1) is 0 Å². The van der Waals surface area contributed by atoms with Crippen molar-refractivity contribution in [3.8, 4) is 16.9 Å². The highest BCUT2D eigenvalue weighted by molar-refractivity contribution is 7.89. The third-order valence-corrected chi connectivity index (χ3v) is 5.81. The maximum atomic E-state index is 14.8. The van der Waals surface area contributed by atoms with Crippen LogP contribution >= 0.6 is 23.2 Å². The molecule has 1 aromatic heterocycles. The summed E-state index contributed by atoms with van der Waals surface area (Å²) < 4.78 is 40.6. The van der Waals surface area contributed by atoms with Crippen molar-refractivity contribution in [2.75, 3.05) is 6.26 Å². The SMILES string of the molecule is Cc1cccc(-c2nn(-c3cc(F)c(C(=O)NS(C)(=O)=O)cc3Cl)c3ccc(Cl)cc23)c1. The Morgan fingerprint density at radius 1 is 1.09 bits per heavy atom. The van der Waals surface area contributed by atoms with E-state index in [0.29, 0.717) is 16.2 Å². The number of aryl methyl sites for hydroxylation is 1. The molecular weight excluding hydrogens is 476 g/mol. The Bertz CT molecular complexity index is 1500. The largest absolute Gasteiger partial charge is 0.268 e. The minimum Gasteiger partial charge on any atom is -0.268 e. The maximum absolute atomic E-state index is 14.8. The fraction of sp³-hybridized carbons (Fsp3) is 0.0909. The highest BCUT2D eigenvalue weighted by Gasteiger charge is 2.21. The molecule has 6 nitrogen and oxygen atoms in total. The summed E-state index contributed by atoms with van der Waals surface area (Å²) in [6.45, 7) is 1.96. The van der Waals surface area contributed by atoms with E-state index in [9.17, 15) is 17.6 Å². The van der Waals surface area contributed by atoms with Crippen molar-refractivity contribution in [2.24, 2.45) is 0 Å². The molecule has 0 aliphatic carbocycles. The van der Waals surface area contributed by atoms with Gasteiger partial charge in [0.05, 0.1) is 28.0 Å². The fourth-order valence-corrected chi connectivity index (χ4v) is 4.24. The van der Waals surface area contributed by atoms with Crippen LogP contribution in [0.3, 0.4) is 0 Å². The predicted molar refractivity (Wildman–Crippen MR) is 124 cm³/mol. The van der Waals surface area contributed by atoms with E-state index in [4.69, 9.17) is 23.2 Å². The molecule has 0 saturated carbocycles. The zero-order valence-corrected chi connectivity index (χ0v) is 19.2. The summed E-state index contributed by atoms with van der Waals surface area (Å²) in [7, 11) is -3.87. The Balaban J connectivity index is 1.91. The lowest BCUT2D eigenvalue weighted by atomic mass is 10.1. The number of nitrogens with zero attached hydrogens (tertiary/aromatic N) is 2. The number of halogens is 3. The first-order chi connectivity index (χ1) is 15.0. The summed E-state index contributed by atoms with van der Waals surface area (Å²) in [5, 5.41) is 5.92. The summed E-state index contributed by atoms with van der Waals surface area (Å²) in [6, 6.07) is 15.0. The number of hydrogen-bond donors (Lipinski definition) is 1. The van der Waals surface area contributed by atoms with E-state index in [2.05, 4.69) is 5.10 Å². The smallest absolute Gasteiger partial charge is 0.267 e. The second-order valence-corrected chi connectivity index (χ2v) is 9.87. The molecule has 0 radical (unpaired) electrons. The van der Waals surface area contributed by atoms with E-state index >= 15 is 0 Å². The minimum absolute atomic E-state index is 0.0141. The monoisotopic (exact) mass is 491 g/mol. The third-order valence-electron chi connectivity index (χ3n) is 4.72. The van der Waals surface area contributed by atoms with Crippen LogP contribution in [0.5, 0.6) is 0 Å². The second-order valence-electron chi connectivity index (χ2n) is 7.28. The number of carbonyl (C=O) groups excluding carboxylic acids is 1. The van der Waals surface area contributed by atoms with E-state index in [1.165, 1.54) is 4.68 Å². The Hall–Kier alpha value is -2.94. The number of fused-ring (bicyclic) bond motifs is 1. The molecule has 0 aliphatic rings. The molecule has 0 bridgehead atoms. The van der Waals surface area contributed by atoms with Crippen LogP contribution in [0.2, 0.25) is 10.0 Å². The molecule has 0 unspecified atom stereocenters. The van der Waals surface area contributed by atoms with Crippen LogP contribution in [0.25, 0.3) is 27.8 Å². The maximum Gasteiger partial charge on any atom is 0.267 e. The van der Waals surface area contributed by atoms with Gasteiger partial charge in [-0.2, -0.15) is 5.10 Å². The number of hydrogen-bond acceptors (Lipinski definition) is 4. The molecule has 0 aliphatic heterocycles. The lowest BCUT2D eigenvalue weighted by molar-refractivity contribution is 0.0978. The number of rotatable bonds is 4. The van der Waals surface area contributed by atoms with Crippen molar-refractivity contribution in [2.45, 2.75) is 6.92 Å². The minimum atomic E-state index is -3.87. The number of aromatic nitrogens is 2. The van der Waals surface area contributed by atoms with E-state index in [1.807, 2.05) is 31.2 Å². The molecule has 4 aromatic rings. The molecule has 0 atom stereocenters. The van der Waals surface area contributed by atoms with Crippen molar-refractivity contribution in [1.29, 1.82) is 0 Å². The van der Waals surface area contributed by atoms with Gasteiger partial charge in [-0.3, -0.25) is 4.79 Å². The van der Waals surface area contributed by atoms with E-state index in [0.717, 1.165) is 34.9 Å². The van der Waals surface area contributed by atoms with E-state index in [1.54, 1.807) is 22.9 Å². The van der Waals surface area contributed by atoms with Crippen molar-refractivity contribution in [3.05, 3.63) is 81.6 Å². The zero-order chi connectivity index (χ0) is 23.2. The van der Waals surface area contributed by atoms with Crippen molar-refractivity contribution in [3.63, 3.8) is 0 Å². The van der Waals surface area contributed by atoms with Crippen LogP contribution in [0.4, 0.5) is 4.39 Å². The summed E-state index contributed by atoms with van der Waals surface area (Å²) in [6.07, 6.45) is 0.798. The average Bonchev–Trinajstić information content (AvgIpc) is 3.06. The summed E-state index contributed by atoms with van der Waals surface area (Å²) in [5.41, 5.74) is 2.82. The summed E-state index contributed by atoms with van der Waals surface area (Å²) in [5.74, 6) is -2.06. The highest BCUT2D eigenvalue weighted by Crippen LogP contribution is 2.34. The second kappa shape index (κ2) is 8.20. The average molecular weight is 492 g/mol. The van der Waals surface area contributed by atoms with Crippen LogP contribution in [-0.2, 0) is 10.0 Å². The number of amides is 1. The van der Waals surface area contributed by atoms with Gasteiger partial charge in [0.15, 0.2) is 0 Å². The van der Waals surface area contributed by atoms with Crippen molar-refractivity contribution >= 4 is 50.0 Å². The Morgan fingerprint density at radius 3 is 2.53 bits per heavy atom. The first-order valence-corrected chi connectivity index (χ1v) is 11.9. The predicted octanol–water partition coefficient (Wildman–Crippen LogP) is 5.14. The molecule has 0 saturated heterocycles.